The molecular formula is C58H60ClMnN4O4. The summed E-state index contributed by atoms with van der Waals surface area (Å²) in [5, 5.41) is 0. The van der Waals surface area contributed by atoms with Gasteiger partial charge in [-0.3, -0.25) is 9.59 Å². The zero-order valence-electron chi connectivity index (χ0n) is 39.8. The fraction of sp³-hybridized carbons (Fsp3) is 0.414. The van der Waals surface area contributed by atoms with Crippen LogP contribution in [0.1, 0.15) is 161 Å². The number of halogens is 1. The number of hydrogen-bond donors (Lipinski definition) is 0. The van der Waals surface area contributed by atoms with Gasteiger partial charge in [0, 0.05) is 5.56 Å². The molecular weight excluding hydrogens is 907 g/mol. The molecule has 5 aromatic rings. The van der Waals surface area contributed by atoms with Gasteiger partial charge in [0.15, 0.2) is 0 Å². The van der Waals surface area contributed by atoms with Crippen molar-refractivity contribution in [2.45, 2.75) is 144 Å². The number of hydrogen-bond acceptors (Lipinski definition) is 6. The molecule has 350 valence electrons. The van der Waals surface area contributed by atoms with Crippen LogP contribution >= 0.6 is 0 Å². The van der Waals surface area contributed by atoms with E-state index < -0.39 is 0 Å². The molecule has 5 heterocycles. The third kappa shape index (κ3) is 8.84. The number of aromatic nitrogens is 4. The van der Waals surface area contributed by atoms with Crippen LogP contribution in [0.5, 0.6) is 0 Å². The van der Waals surface area contributed by atoms with E-state index in [-0.39, 0.29) is 66.5 Å². The largest absolute Gasteiger partial charge is 3.00 e. The summed E-state index contributed by atoms with van der Waals surface area (Å²) in [7, 11) is 0. The summed E-state index contributed by atoms with van der Waals surface area (Å²) in [5.41, 5.74) is 25.5. The predicted molar refractivity (Wildman–Crippen MR) is 263 cm³/mol. The first-order valence-corrected chi connectivity index (χ1v) is 24.9. The van der Waals surface area contributed by atoms with Gasteiger partial charge >= 0.3 is 29.0 Å². The SMILES string of the molecule is CC(C)C(=O)OCc1ccc(-c2c3nc(cc4[n-]c(c5c4CCCC5)c(-c4ccc(COC(=O)C(C)C)cc4)c4[n-]c(cc5nc2C2=C5CCCC2)c2c4CCCC2)C2=C3CCCC2)cc1.[Cl-].[Mn+3]. The molecule has 0 atom stereocenters. The zero-order valence-corrected chi connectivity index (χ0v) is 41.8. The van der Waals surface area contributed by atoms with Gasteiger partial charge in [0.25, 0.3) is 0 Å². The number of carbonyl (C=O) groups is 2. The number of esters is 2. The molecule has 4 aliphatic carbocycles. The van der Waals surface area contributed by atoms with Crippen molar-refractivity contribution in [3.63, 3.8) is 0 Å². The van der Waals surface area contributed by atoms with Crippen molar-refractivity contribution < 1.29 is 48.5 Å². The van der Waals surface area contributed by atoms with Crippen LogP contribution in [0.2, 0.25) is 0 Å². The normalized spacial score (nSPS) is 16.3. The zero-order chi connectivity index (χ0) is 45.1. The van der Waals surface area contributed by atoms with Gasteiger partial charge in [0.1, 0.15) is 13.2 Å². The Morgan fingerprint density at radius 1 is 0.500 bits per heavy atom. The first kappa shape index (κ1) is 47.8. The number of carbonyl (C=O) groups excluding carboxylic acids is 2. The Labute approximate surface area is 417 Å². The molecule has 0 saturated heterocycles. The second kappa shape index (κ2) is 20.0. The van der Waals surface area contributed by atoms with E-state index in [2.05, 4.69) is 60.7 Å². The van der Waals surface area contributed by atoms with Crippen LogP contribution in [0, 0.1) is 11.8 Å². The van der Waals surface area contributed by atoms with Crippen molar-refractivity contribution in [2.24, 2.45) is 11.8 Å². The molecule has 0 amide bonds. The van der Waals surface area contributed by atoms with Gasteiger partial charge in [-0.2, -0.15) is 0 Å². The van der Waals surface area contributed by atoms with E-state index >= 15 is 0 Å². The summed E-state index contributed by atoms with van der Waals surface area (Å²) in [5.74, 6) is -0.725. The Balaban J connectivity index is 0.00000289. The van der Waals surface area contributed by atoms with Gasteiger partial charge in [0.2, 0.25) is 0 Å². The predicted octanol–water partition coefficient (Wildman–Crippen LogP) is 10.0. The first-order chi connectivity index (χ1) is 32.2. The van der Waals surface area contributed by atoms with Crippen LogP contribution in [0.15, 0.2) is 60.7 Å². The summed E-state index contributed by atoms with van der Waals surface area (Å²) in [6.45, 7) is 7.97. The number of benzene rings is 2. The number of nitrogens with zero attached hydrogens (tertiary/aromatic N) is 4. The van der Waals surface area contributed by atoms with Crippen molar-refractivity contribution in [1.29, 1.82) is 0 Å². The van der Waals surface area contributed by atoms with Crippen LogP contribution in [0.25, 0.3) is 66.6 Å². The van der Waals surface area contributed by atoms with Gasteiger partial charge in [-0.05, 0) is 153 Å². The quantitative estimate of drug-likeness (QED) is 0.112. The molecule has 68 heavy (non-hydrogen) atoms. The number of rotatable bonds is 8. The van der Waals surface area contributed by atoms with Gasteiger partial charge in [-0.1, -0.05) is 111 Å². The summed E-state index contributed by atoms with van der Waals surface area (Å²) in [6, 6.07) is 21.8. The van der Waals surface area contributed by atoms with Crippen molar-refractivity contribution >= 4 is 56.3 Å². The summed E-state index contributed by atoms with van der Waals surface area (Å²) in [4.78, 5) is 47.8. The maximum atomic E-state index is 12.4. The van der Waals surface area contributed by atoms with Crippen molar-refractivity contribution in [2.75, 3.05) is 0 Å². The third-order valence-electron chi connectivity index (χ3n) is 14.9. The summed E-state index contributed by atoms with van der Waals surface area (Å²) in [6.07, 6.45) is 17.0. The maximum absolute atomic E-state index is 12.4. The van der Waals surface area contributed by atoms with Gasteiger partial charge in [-0.15, -0.1) is 22.1 Å². The molecule has 11 rings (SSSR count). The molecule has 0 fully saturated rings. The molecule has 8 bridgehead atoms. The van der Waals surface area contributed by atoms with Gasteiger partial charge in [0.05, 0.1) is 34.6 Å². The average Bonchev–Trinajstić information content (AvgIpc) is 4.10. The van der Waals surface area contributed by atoms with Crippen LogP contribution in [0.4, 0.5) is 0 Å². The first-order valence-electron chi connectivity index (χ1n) is 24.9. The Bertz CT molecular complexity index is 2890. The average molecular weight is 968 g/mol. The smallest absolute Gasteiger partial charge is 1.00 e. The molecule has 3 aromatic heterocycles. The molecule has 6 aliphatic rings. The van der Waals surface area contributed by atoms with E-state index in [4.69, 9.17) is 29.4 Å². The Morgan fingerprint density at radius 3 is 1.25 bits per heavy atom. The number of fused-ring (bicyclic) bond motifs is 18. The summed E-state index contributed by atoms with van der Waals surface area (Å²) < 4.78 is 11.3. The second-order valence-corrected chi connectivity index (χ2v) is 20.0. The second-order valence-electron chi connectivity index (χ2n) is 20.0. The molecule has 0 radical (unpaired) electrons. The fourth-order valence-corrected chi connectivity index (χ4v) is 11.3. The van der Waals surface area contributed by atoms with Gasteiger partial charge < -0.3 is 31.8 Å². The van der Waals surface area contributed by atoms with E-state index in [1.54, 1.807) is 0 Å². The van der Waals surface area contributed by atoms with E-state index in [1.807, 2.05) is 27.7 Å². The van der Waals surface area contributed by atoms with Crippen LogP contribution in [0.3, 0.4) is 0 Å². The van der Waals surface area contributed by atoms with Crippen molar-refractivity contribution in [3.8, 4) is 22.3 Å². The molecule has 0 spiro atoms. The minimum Gasteiger partial charge on any atom is -1.00 e. The number of ether oxygens (including phenoxy) is 2. The molecule has 0 N–H and O–H groups in total. The van der Waals surface area contributed by atoms with E-state index in [0.717, 1.165) is 181 Å². The van der Waals surface area contributed by atoms with Crippen LogP contribution < -0.4 is 22.4 Å². The molecule has 2 aliphatic heterocycles. The Morgan fingerprint density at radius 2 is 0.853 bits per heavy atom. The van der Waals surface area contributed by atoms with Gasteiger partial charge in [-0.25, -0.2) is 9.97 Å². The monoisotopic (exact) mass is 966 g/mol. The Hall–Kier alpha value is -5.21. The number of allylic oxidation sites excluding steroid dienone is 4. The Kier molecular flexibility index (Phi) is 14.1. The topological polar surface area (TPSA) is 107 Å². The minimum absolute atomic E-state index is 0. The van der Waals surface area contributed by atoms with Crippen molar-refractivity contribution in [1.82, 2.24) is 19.9 Å². The van der Waals surface area contributed by atoms with Crippen molar-refractivity contribution in [3.05, 3.63) is 117 Å². The summed E-state index contributed by atoms with van der Waals surface area (Å²) >= 11 is 0. The van der Waals surface area contributed by atoms with Crippen LogP contribution in [-0.2, 0) is 75.0 Å². The molecule has 0 saturated carbocycles. The van der Waals surface area contributed by atoms with E-state index in [1.165, 1.54) is 44.5 Å². The molecule has 0 unspecified atom stereocenters. The van der Waals surface area contributed by atoms with Crippen LogP contribution in [-0.4, -0.2) is 21.9 Å². The molecule has 2 aromatic carbocycles. The third-order valence-corrected chi connectivity index (χ3v) is 14.9. The minimum atomic E-state index is -0.190. The number of aryl methyl sites for hydroxylation is 4. The van der Waals surface area contributed by atoms with E-state index in [0.29, 0.717) is 0 Å². The van der Waals surface area contributed by atoms with E-state index in [9.17, 15) is 9.59 Å². The molecule has 8 nitrogen and oxygen atoms in total. The standard InChI is InChI=1S/C58H60N4O4.ClH.Mn/c1-33(2)57(63)65-31-35-21-25-37(26-22-35)51-53-43-17-9-5-13-39(43)47(59-53)29-49-41-15-7-11-19-45(41)55(61-49)52(38-27-23-36(24-28-38)32-66-58(64)34(3)4)56-46-20-12-8-16-42(46)50(62-56)30-48-40-14-6-10-18-44(40)54(51)60-48;;/h21-30,33-34H,5-20,31-32H2,1-4H3;1H;/q-2;;+3/p-1. The maximum Gasteiger partial charge on any atom is 3.00 e. The fourth-order valence-electron chi connectivity index (χ4n) is 11.3. The molecule has 10 heteroatoms.